The molecule has 0 aromatic rings. The summed E-state index contributed by atoms with van der Waals surface area (Å²) in [5.41, 5.74) is -0.453. The summed E-state index contributed by atoms with van der Waals surface area (Å²) < 4.78 is 0. The first-order valence-electron chi connectivity index (χ1n) is 33.5. The molecule has 438 valence electrons. The second kappa shape index (κ2) is 66.8. The Kier molecular flexibility index (Phi) is 69.4. The fourth-order valence-corrected chi connectivity index (χ4v) is 10.5. The third kappa shape index (κ3) is 64.8. The van der Waals surface area contributed by atoms with Gasteiger partial charge in [-0.2, -0.15) is 0 Å². The highest BCUT2D eigenvalue weighted by Crippen LogP contribution is 2.38. The van der Waals surface area contributed by atoms with E-state index in [2.05, 4.69) is 53.7 Å². The number of allylic oxidation sites excluding steroid dienone is 2. The lowest BCUT2D eigenvalue weighted by Crippen LogP contribution is -2.31. The summed E-state index contributed by atoms with van der Waals surface area (Å²) in [6, 6.07) is 0. The maximum absolute atomic E-state index is 12.6. The number of aliphatic hydroxyl groups is 1. The molecule has 73 heavy (non-hydrogen) atoms. The highest BCUT2D eigenvalue weighted by atomic mass is 16.4. The Balaban J connectivity index is -0.00000112. The maximum Gasteiger partial charge on any atom is 0.309 e. The van der Waals surface area contributed by atoms with Gasteiger partial charge in [0.1, 0.15) is 0 Å². The van der Waals surface area contributed by atoms with Crippen LogP contribution in [0.15, 0.2) is 12.2 Å². The molecule has 1 atom stereocenters. The molecule has 0 aromatic carbocycles. The minimum absolute atomic E-state index is 0.0271. The van der Waals surface area contributed by atoms with E-state index in [4.69, 9.17) is 5.11 Å². The lowest BCUT2D eigenvalue weighted by Gasteiger charge is -2.30. The number of rotatable bonds is 58. The third-order valence-electron chi connectivity index (χ3n) is 15.7. The Morgan fingerprint density at radius 1 is 0.315 bits per heavy atom. The number of carbonyl (C=O) groups is 2. The van der Waals surface area contributed by atoms with E-state index in [0.29, 0.717) is 6.42 Å². The van der Waals surface area contributed by atoms with Crippen LogP contribution in [0.25, 0.3) is 0 Å². The molecule has 0 heterocycles. The maximum atomic E-state index is 12.6. The smallest absolute Gasteiger partial charge is 0.309 e. The first kappa shape index (κ1) is 75.9. The molecule has 0 fully saturated rings. The van der Waals surface area contributed by atoms with Crippen LogP contribution in [-0.4, -0.2) is 33.4 Å². The van der Waals surface area contributed by atoms with Crippen molar-refractivity contribution in [2.24, 2.45) is 5.41 Å². The van der Waals surface area contributed by atoms with Crippen LogP contribution in [0.4, 0.5) is 0 Å². The van der Waals surface area contributed by atoms with Gasteiger partial charge in [0.2, 0.25) is 0 Å². The van der Waals surface area contributed by atoms with Crippen molar-refractivity contribution in [3.05, 3.63) is 12.2 Å². The second-order valence-electron chi connectivity index (χ2n) is 23.1. The average molecular weight is 1030 g/mol. The van der Waals surface area contributed by atoms with Gasteiger partial charge in [0.25, 0.3) is 0 Å². The standard InChI is InChI=1S/C34H68O2.C20H42O.C14H26O2/c1-4-7-10-13-16-18-20-22-25-28-31-34(33(35)36,30-27-24-15-12-9-6-3)32-29-26-23-21-19-17-14-11-8-5-2;1-3-5-7-9-11-12-13-15-17-19-20(21)18-16-14-10-8-6-4-2;1-2-3-4-5-6-7-8-9-10-11-12-13-14(15)16/h4-32H2,1-3H3,(H,35,36);20-21H,3-19H2,1-2H3;5-6H,2-4,7-13H2,1H3,(H,15,16)/b;;6-5-. The molecular formula is C68H136O5. The molecule has 0 aliphatic rings. The predicted molar refractivity (Wildman–Crippen MR) is 325 cm³/mol. The van der Waals surface area contributed by atoms with Crippen molar-refractivity contribution >= 4 is 11.9 Å². The van der Waals surface area contributed by atoms with Crippen molar-refractivity contribution in [3.63, 3.8) is 0 Å². The van der Waals surface area contributed by atoms with E-state index in [1.807, 2.05) is 0 Å². The Hall–Kier alpha value is -1.36. The molecule has 0 amide bonds. The van der Waals surface area contributed by atoms with Gasteiger partial charge in [0.15, 0.2) is 0 Å². The summed E-state index contributed by atoms with van der Waals surface area (Å²) in [7, 11) is 0. The molecule has 5 nitrogen and oxygen atoms in total. The van der Waals surface area contributed by atoms with E-state index in [0.717, 1.165) is 64.2 Å². The van der Waals surface area contributed by atoms with Gasteiger partial charge >= 0.3 is 11.9 Å². The first-order valence-corrected chi connectivity index (χ1v) is 33.5. The molecule has 0 saturated heterocycles. The Morgan fingerprint density at radius 2 is 0.548 bits per heavy atom. The summed E-state index contributed by atoms with van der Waals surface area (Å²) in [5.74, 6) is -1.17. The molecule has 1 unspecified atom stereocenters. The Labute approximate surface area is 459 Å². The van der Waals surface area contributed by atoms with Gasteiger partial charge in [-0.15, -0.1) is 0 Å². The van der Waals surface area contributed by atoms with Crippen molar-refractivity contribution in [1.29, 1.82) is 0 Å². The average Bonchev–Trinajstić information content (AvgIpc) is 3.38. The molecular weight excluding hydrogens is 897 g/mol. The zero-order chi connectivity index (χ0) is 54.2. The van der Waals surface area contributed by atoms with Crippen LogP contribution in [0, 0.1) is 5.41 Å². The lowest BCUT2D eigenvalue weighted by molar-refractivity contribution is -0.151. The minimum atomic E-state index is -0.668. The van der Waals surface area contributed by atoms with Gasteiger partial charge in [-0.1, -0.05) is 349 Å². The van der Waals surface area contributed by atoms with Crippen molar-refractivity contribution in [2.45, 2.75) is 407 Å². The number of unbranched alkanes of at least 4 members (excludes halogenated alkanes) is 43. The van der Waals surface area contributed by atoms with Gasteiger partial charge in [-0.3, -0.25) is 9.59 Å². The second-order valence-corrected chi connectivity index (χ2v) is 23.1. The zero-order valence-electron chi connectivity index (χ0n) is 51.0. The lowest BCUT2D eigenvalue weighted by atomic mass is 9.74. The largest absolute Gasteiger partial charge is 0.481 e. The molecule has 0 aliphatic carbocycles. The van der Waals surface area contributed by atoms with E-state index in [1.165, 1.54) is 289 Å². The van der Waals surface area contributed by atoms with Gasteiger partial charge in [-0.05, 0) is 57.8 Å². The minimum Gasteiger partial charge on any atom is -0.481 e. The molecule has 0 spiro atoms. The van der Waals surface area contributed by atoms with Crippen LogP contribution < -0.4 is 0 Å². The monoisotopic (exact) mass is 1030 g/mol. The molecule has 0 bridgehead atoms. The van der Waals surface area contributed by atoms with Gasteiger partial charge < -0.3 is 15.3 Å². The summed E-state index contributed by atoms with van der Waals surface area (Å²) in [6.45, 7) is 13.6. The van der Waals surface area contributed by atoms with E-state index >= 15 is 0 Å². The van der Waals surface area contributed by atoms with Crippen molar-refractivity contribution in [3.8, 4) is 0 Å². The topological polar surface area (TPSA) is 94.8 Å². The van der Waals surface area contributed by atoms with Gasteiger partial charge in [0, 0.05) is 6.42 Å². The fourth-order valence-electron chi connectivity index (χ4n) is 10.5. The van der Waals surface area contributed by atoms with Crippen LogP contribution in [0.2, 0.25) is 0 Å². The quantitative estimate of drug-likeness (QED) is 0.0417. The molecule has 0 radical (unpaired) electrons. The van der Waals surface area contributed by atoms with Crippen LogP contribution in [0.1, 0.15) is 401 Å². The molecule has 0 rings (SSSR count). The molecule has 5 heteroatoms. The van der Waals surface area contributed by atoms with E-state index in [-0.39, 0.29) is 6.10 Å². The van der Waals surface area contributed by atoms with Crippen molar-refractivity contribution in [2.75, 3.05) is 0 Å². The number of aliphatic carboxylic acids is 2. The number of carboxylic acids is 2. The van der Waals surface area contributed by atoms with Crippen LogP contribution in [-0.2, 0) is 9.59 Å². The third-order valence-corrected chi connectivity index (χ3v) is 15.7. The summed E-state index contributed by atoms with van der Waals surface area (Å²) in [5, 5.41) is 28.8. The highest BCUT2D eigenvalue weighted by molar-refractivity contribution is 5.74. The molecule has 0 saturated carbocycles. The number of aliphatic hydroxyl groups excluding tert-OH is 1. The van der Waals surface area contributed by atoms with Gasteiger partial charge in [0.05, 0.1) is 11.5 Å². The van der Waals surface area contributed by atoms with Crippen LogP contribution >= 0.6 is 0 Å². The SMILES string of the molecule is CCCC/C=C\CCCCCCCC(=O)O.CCCCCCCCCCCC(O)CCCCCCCC.CCCCCCCCCCCCC(CCCCCCCC)(CCCCCCCCCCCC)C(=O)O. The predicted octanol–water partition coefficient (Wildman–Crippen LogP) is 24.0. The normalized spacial score (nSPS) is 11.9. The summed E-state index contributed by atoms with van der Waals surface area (Å²) >= 11 is 0. The molecule has 0 aliphatic heterocycles. The molecule has 0 aromatic heterocycles. The zero-order valence-corrected chi connectivity index (χ0v) is 51.0. The van der Waals surface area contributed by atoms with E-state index < -0.39 is 17.4 Å². The number of hydrogen-bond donors (Lipinski definition) is 3. The fraction of sp³-hybridized carbons (Fsp3) is 0.941. The Morgan fingerprint density at radius 3 is 0.822 bits per heavy atom. The van der Waals surface area contributed by atoms with Gasteiger partial charge in [-0.25, -0.2) is 0 Å². The number of carboxylic acid groups (broad SMARTS) is 2. The van der Waals surface area contributed by atoms with Crippen LogP contribution in [0.5, 0.6) is 0 Å². The number of hydrogen-bond acceptors (Lipinski definition) is 3. The highest BCUT2D eigenvalue weighted by Gasteiger charge is 2.36. The summed E-state index contributed by atoms with van der Waals surface area (Å²) in [6.07, 6.45) is 74.4. The first-order chi connectivity index (χ1) is 35.7. The van der Waals surface area contributed by atoms with Crippen molar-refractivity contribution < 1.29 is 24.9 Å². The summed E-state index contributed by atoms with van der Waals surface area (Å²) in [4.78, 5) is 22.8. The Bertz CT molecular complexity index is 1030. The van der Waals surface area contributed by atoms with Crippen LogP contribution in [0.3, 0.4) is 0 Å². The van der Waals surface area contributed by atoms with E-state index in [9.17, 15) is 19.8 Å². The van der Waals surface area contributed by atoms with E-state index in [1.54, 1.807) is 0 Å². The van der Waals surface area contributed by atoms with Crippen molar-refractivity contribution in [1.82, 2.24) is 0 Å². The molecule has 3 N–H and O–H groups in total.